The van der Waals surface area contributed by atoms with Gasteiger partial charge in [-0.3, -0.25) is 9.59 Å². The fraction of sp³-hybridized carbons (Fsp3) is 0.500. The summed E-state index contributed by atoms with van der Waals surface area (Å²) in [5.41, 5.74) is 2.41. The molecule has 10 heteroatoms. The smallest absolute Gasteiger partial charge is 0.410 e. The van der Waals surface area contributed by atoms with Crippen LogP contribution < -0.4 is 5.32 Å². The number of benzene rings is 1. The molecule has 38 heavy (non-hydrogen) atoms. The maximum atomic E-state index is 13.1. The van der Waals surface area contributed by atoms with Gasteiger partial charge in [-0.1, -0.05) is 19.1 Å². The zero-order valence-electron chi connectivity index (χ0n) is 22.9. The molecule has 4 rings (SSSR count). The van der Waals surface area contributed by atoms with E-state index in [1.54, 1.807) is 28.1 Å². The number of hydrogen-bond acceptors (Lipinski definition) is 7. The molecule has 3 amide bonds. The Kier molecular flexibility index (Phi) is 8.42. The van der Waals surface area contributed by atoms with Crippen molar-refractivity contribution in [1.29, 1.82) is 0 Å². The van der Waals surface area contributed by atoms with Gasteiger partial charge in [-0.15, -0.1) is 22.7 Å². The Morgan fingerprint density at radius 2 is 1.95 bits per heavy atom. The molecule has 1 atom stereocenters. The Balaban J connectivity index is 1.62. The van der Waals surface area contributed by atoms with Crippen LogP contribution in [0.15, 0.2) is 24.3 Å². The second-order valence-electron chi connectivity index (χ2n) is 10.6. The molecule has 0 fully saturated rings. The number of anilines is 1. The first kappa shape index (κ1) is 28.0. The zero-order chi connectivity index (χ0) is 27.6. The van der Waals surface area contributed by atoms with Gasteiger partial charge in [0.2, 0.25) is 11.8 Å². The second kappa shape index (κ2) is 11.4. The quantitative estimate of drug-likeness (QED) is 0.369. The van der Waals surface area contributed by atoms with Crippen LogP contribution in [-0.2, 0) is 27.3 Å². The fourth-order valence-electron chi connectivity index (χ4n) is 4.50. The normalized spacial score (nSPS) is 14.2. The Morgan fingerprint density at radius 3 is 2.61 bits per heavy atom. The number of nitrogens with zero attached hydrogens (tertiary/aromatic N) is 3. The van der Waals surface area contributed by atoms with Crippen LogP contribution in [0.4, 0.5) is 9.80 Å². The predicted molar refractivity (Wildman–Crippen MR) is 154 cm³/mol. The van der Waals surface area contributed by atoms with Crippen molar-refractivity contribution in [2.45, 2.75) is 79.0 Å². The molecule has 0 radical (unpaired) electrons. The van der Waals surface area contributed by atoms with Crippen molar-refractivity contribution in [2.24, 2.45) is 0 Å². The molecule has 0 saturated carbocycles. The zero-order valence-corrected chi connectivity index (χ0v) is 24.6. The van der Waals surface area contributed by atoms with Crippen LogP contribution >= 0.6 is 22.7 Å². The molecule has 0 bridgehead atoms. The van der Waals surface area contributed by atoms with Crippen LogP contribution in [-0.4, -0.2) is 57.4 Å². The Hall–Kier alpha value is -2.98. The lowest BCUT2D eigenvalue weighted by molar-refractivity contribution is -0.131. The standard InChI is InChI=1S/C28H36N4O4S2/c1-7-17(2)32(18(3)33)15-13-23(34)30-26-24(25-29-20-10-8-9-11-21(20)37-25)19-12-14-31(16-22(19)38-26)27(35)36-28(4,5)6/h8-11,17H,7,12-16H2,1-6H3,(H,30,34). The minimum Gasteiger partial charge on any atom is -0.444 e. The van der Waals surface area contributed by atoms with Gasteiger partial charge in [0.1, 0.15) is 15.6 Å². The summed E-state index contributed by atoms with van der Waals surface area (Å²) >= 11 is 3.09. The van der Waals surface area contributed by atoms with E-state index in [-0.39, 0.29) is 30.4 Å². The summed E-state index contributed by atoms with van der Waals surface area (Å²) in [5, 5.41) is 4.71. The number of ether oxygens (including phenoxy) is 1. The van der Waals surface area contributed by atoms with Gasteiger partial charge in [0.05, 0.1) is 16.8 Å². The number of aromatic nitrogens is 1. The molecule has 0 saturated heterocycles. The third-order valence-corrected chi connectivity index (χ3v) is 8.76. The minimum atomic E-state index is -0.568. The van der Waals surface area contributed by atoms with Crippen LogP contribution in [0, 0.1) is 0 Å². The second-order valence-corrected chi connectivity index (χ2v) is 12.8. The Morgan fingerprint density at radius 1 is 1.21 bits per heavy atom. The highest BCUT2D eigenvalue weighted by molar-refractivity contribution is 7.22. The number of carbonyl (C=O) groups is 3. The molecule has 8 nitrogen and oxygen atoms in total. The highest BCUT2D eigenvalue weighted by Gasteiger charge is 2.31. The van der Waals surface area contributed by atoms with E-state index in [2.05, 4.69) is 5.32 Å². The van der Waals surface area contributed by atoms with Crippen LogP contribution in [0.25, 0.3) is 20.8 Å². The van der Waals surface area contributed by atoms with Crippen LogP contribution in [0.1, 0.15) is 64.8 Å². The molecule has 0 aliphatic carbocycles. The SMILES string of the molecule is CCC(C)N(CCC(=O)Nc1sc2c(c1-c1nc3ccccc3s1)CCN(C(=O)OC(C)(C)C)C2)C(C)=O. The largest absolute Gasteiger partial charge is 0.444 e. The first-order valence-corrected chi connectivity index (χ1v) is 14.7. The summed E-state index contributed by atoms with van der Waals surface area (Å²) in [6.07, 6.45) is 1.35. The van der Waals surface area contributed by atoms with Gasteiger partial charge in [-0.25, -0.2) is 9.78 Å². The average molecular weight is 557 g/mol. The van der Waals surface area contributed by atoms with Crippen molar-refractivity contribution in [3.05, 3.63) is 34.7 Å². The van der Waals surface area contributed by atoms with Crippen LogP contribution in [0.3, 0.4) is 0 Å². The third kappa shape index (κ3) is 6.35. The van der Waals surface area contributed by atoms with E-state index in [4.69, 9.17) is 9.72 Å². The van der Waals surface area contributed by atoms with Gasteiger partial charge < -0.3 is 19.9 Å². The first-order valence-electron chi connectivity index (χ1n) is 13.0. The van der Waals surface area contributed by atoms with E-state index < -0.39 is 5.60 Å². The minimum absolute atomic E-state index is 0.0314. The van der Waals surface area contributed by atoms with Crippen molar-refractivity contribution in [3.63, 3.8) is 0 Å². The third-order valence-electron chi connectivity index (χ3n) is 6.58. The van der Waals surface area contributed by atoms with Gasteiger partial charge >= 0.3 is 6.09 Å². The van der Waals surface area contributed by atoms with Crippen molar-refractivity contribution in [3.8, 4) is 10.6 Å². The summed E-state index contributed by atoms with van der Waals surface area (Å²) < 4.78 is 6.68. The predicted octanol–water partition coefficient (Wildman–Crippen LogP) is 6.29. The number of fused-ring (bicyclic) bond motifs is 2. The molecule has 3 aromatic rings. The molecule has 1 aromatic carbocycles. The first-order chi connectivity index (χ1) is 18.0. The molecule has 1 aliphatic heterocycles. The topological polar surface area (TPSA) is 91.8 Å². The fourth-order valence-corrected chi connectivity index (χ4v) is 6.89. The number of carbonyl (C=O) groups excluding carboxylic acids is 3. The molecule has 1 unspecified atom stereocenters. The van der Waals surface area contributed by atoms with Crippen LogP contribution in [0.5, 0.6) is 0 Å². The molecule has 1 aliphatic rings. The van der Waals surface area contributed by atoms with Crippen molar-refractivity contribution in [1.82, 2.24) is 14.8 Å². The number of hydrogen-bond donors (Lipinski definition) is 1. The van der Waals surface area contributed by atoms with Gasteiger partial charge in [-0.2, -0.15) is 0 Å². The lowest BCUT2D eigenvalue weighted by Gasteiger charge is -2.30. The monoisotopic (exact) mass is 556 g/mol. The molecule has 204 valence electrons. The lowest BCUT2D eigenvalue weighted by Crippen LogP contribution is -2.39. The number of nitrogens with one attached hydrogen (secondary N) is 1. The number of thiophene rings is 1. The number of rotatable bonds is 7. The Bertz CT molecular complexity index is 1310. The van der Waals surface area contributed by atoms with Crippen LogP contribution in [0.2, 0.25) is 0 Å². The summed E-state index contributed by atoms with van der Waals surface area (Å²) in [6.45, 7) is 12.5. The van der Waals surface area contributed by atoms with Gasteiger partial charge in [0, 0.05) is 42.9 Å². The van der Waals surface area contributed by atoms with Gasteiger partial charge in [-0.05, 0) is 58.2 Å². The maximum absolute atomic E-state index is 13.1. The molecular weight excluding hydrogens is 520 g/mol. The Labute approximate surface area is 232 Å². The van der Waals surface area contributed by atoms with E-state index in [0.29, 0.717) is 26.1 Å². The van der Waals surface area contributed by atoms with E-state index in [1.165, 1.54) is 11.3 Å². The van der Waals surface area contributed by atoms with Gasteiger partial charge in [0.25, 0.3) is 0 Å². The van der Waals surface area contributed by atoms with E-state index in [9.17, 15) is 14.4 Å². The highest BCUT2D eigenvalue weighted by atomic mass is 32.1. The molecule has 0 spiro atoms. The molecule has 3 heterocycles. The lowest BCUT2D eigenvalue weighted by atomic mass is 10.0. The van der Waals surface area contributed by atoms with Crippen molar-refractivity contribution < 1.29 is 19.1 Å². The van der Waals surface area contributed by atoms with E-state index >= 15 is 0 Å². The molecule has 2 aromatic heterocycles. The molecule has 1 N–H and O–H groups in total. The molecular formula is C28H36N4O4S2. The summed E-state index contributed by atoms with van der Waals surface area (Å²) in [7, 11) is 0. The van der Waals surface area contributed by atoms with Gasteiger partial charge in [0.15, 0.2) is 0 Å². The summed E-state index contributed by atoms with van der Waals surface area (Å²) in [5.74, 6) is -0.180. The number of amides is 3. The summed E-state index contributed by atoms with van der Waals surface area (Å²) in [4.78, 5) is 47.3. The summed E-state index contributed by atoms with van der Waals surface area (Å²) in [6, 6.07) is 8.07. The van der Waals surface area contributed by atoms with Crippen molar-refractivity contribution in [2.75, 3.05) is 18.4 Å². The average Bonchev–Trinajstić information content (AvgIpc) is 3.42. The number of para-hydroxylation sites is 1. The number of thiazole rings is 1. The highest BCUT2D eigenvalue weighted by Crippen LogP contribution is 2.45. The van der Waals surface area contributed by atoms with E-state index in [1.807, 2.05) is 58.9 Å². The van der Waals surface area contributed by atoms with E-state index in [0.717, 1.165) is 42.7 Å². The maximum Gasteiger partial charge on any atom is 0.410 e. The van der Waals surface area contributed by atoms with Crippen molar-refractivity contribution >= 4 is 55.8 Å².